The number of aliphatic hydroxyl groups excluding tert-OH is 1. The van der Waals surface area contributed by atoms with Gasteiger partial charge in [0.1, 0.15) is 5.82 Å². The Hall–Kier alpha value is -2.75. The van der Waals surface area contributed by atoms with Crippen LogP contribution in [0.4, 0.5) is 15.9 Å². The Morgan fingerprint density at radius 2 is 2.13 bits per heavy atom. The molecule has 10 nitrogen and oxygen atoms in total. The third-order valence-corrected chi connectivity index (χ3v) is 5.66. The van der Waals surface area contributed by atoms with Gasteiger partial charge in [-0.25, -0.2) is 9.02 Å². The Bertz CT molecular complexity index is 971. The van der Waals surface area contributed by atoms with Crippen molar-refractivity contribution in [2.75, 3.05) is 36.4 Å². The number of nitriles is 1. The summed E-state index contributed by atoms with van der Waals surface area (Å²) in [5.74, 6) is 0.241. The van der Waals surface area contributed by atoms with E-state index in [0.717, 1.165) is 32.5 Å². The fourth-order valence-corrected chi connectivity index (χ4v) is 3.77. The molecule has 1 fully saturated rings. The molecule has 1 aromatic heterocycles. The van der Waals surface area contributed by atoms with Crippen LogP contribution in [0.1, 0.15) is 18.5 Å². The number of piperidine rings is 1. The topological polar surface area (TPSA) is 123 Å². The van der Waals surface area contributed by atoms with Crippen LogP contribution in [-0.4, -0.2) is 58.7 Å². The van der Waals surface area contributed by atoms with Crippen molar-refractivity contribution in [3.63, 3.8) is 0 Å². The number of amidine groups is 1. The monoisotopic (exact) mass is 479 g/mol. The highest BCUT2D eigenvalue weighted by molar-refractivity contribution is 9.10. The summed E-state index contributed by atoms with van der Waals surface area (Å²) in [6.45, 7) is 3.11. The van der Waals surface area contributed by atoms with Crippen molar-refractivity contribution in [1.82, 2.24) is 15.2 Å². The molecule has 2 aliphatic rings. The van der Waals surface area contributed by atoms with E-state index in [-0.39, 0.29) is 21.9 Å². The molecule has 1 saturated heterocycles. The predicted molar refractivity (Wildman–Crippen MR) is 108 cm³/mol. The third-order valence-electron chi connectivity index (χ3n) is 5.05. The lowest BCUT2D eigenvalue weighted by Gasteiger charge is -2.28. The van der Waals surface area contributed by atoms with Crippen LogP contribution in [-0.2, 0) is 4.84 Å². The maximum Gasteiger partial charge on any atom is 0.311 e. The van der Waals surface area contributed by atoms with Crippen molar-refractivity contribution in [1.29, 1.82) is 5.26 Å². The maximum absolute atomic E-state index is 13.6. The van der Waals surface area contributed by atoms with Gasteiger partial charge in [0, 0.05) is 19.0 Å². The van der Waals surface area contributed by atoms with Crippen molar-refractivity contribution < 1.29 is 19.0 Å². The molecule has 0 amide bonds. The largest absolute Gasteiger partial charge is 0.364 e. The van der Waals surface area contributed by atoms with Crippen LogP contribution in [0.2, 0.25) is 0 Å². The summed E-state index contributed by atoms with van der Waals surface area (Å²) >= 11 is 3.13. The van der Waals surface area contributed by atoms with E-state index >= 15 is 0 Å². The predicted octanol–water partition coefficient (Wildman–Crippen LogP) is 2.09. The molecule has 2 aliphatic heterocycles. The number of likely N-dealkylation sites (tertiary alicyclic amines) is 1. The van der Waals surface area contributed by atoms with Crippen molar-refractivity contribution in [3.8, 4) is 6.07 Å². The summed E-state index contributed by atoms with van der Waals surface area (Å²) in [6.07, 6.45) is 0.353. The fraction of sp³-hybridized carbons (Fsp3) is 0.444. The van der Waals surface area contributed by atoms with Crippen molar-refractivity contribution in [3.05, 3.63) is 34.2 Å². The maximum atomic E-state index is 13.6. The molecule has 12 heteroatoms. The minimum absolute atomic E-state index is 0.143. The summed E-state index contributed by atoms with van der Waals surface area (Å²) in [4.78, 5) is 8.61. The second-order valence-corrected chi connectivity index (χ2v) is 7.80. The summed E-state index contributed by atoms with van der Waals surface area (Å²) < 4.78 is 18.7. The number of nitrogens with zero attached hydrogens (tertiary/aromatic N) is 6. The molecule has 4 rings (SSSR count). The molecule has 3 heterocycles. The molecule has 1 atom stereocenters. The summed E-state index contributed by atoms with van der Waals surface area (Å²) in [6, 6.07) is 6.56. The van der Waals surface area contributed by atoms with Gasteiger partial charge in [-0.15, -0.1) is 0 Å². The first-order valence-electron chi connectivity index (χ1n) is 9.41. The van der Waals surface area contributed by atoms with Gasteiger partial charge in [0.15, 0.2) is 5.69 Å². The van der Waals surface area contributed by atoms with Gasteiger partial charge in [-0.3, -0.25) is 4.90 Å². The van der Waals surface area contributed by atoms with Crippen LogP contribution in [0.3, 0.4) is 0 Å². The van der Waals surface area contributed by atoms with Crippen LogP contribution >= 0.6 is 15.9 Å². The molecule has 0 radical (unpaired) electrons. The van der Waals surface area contributed by atoms with Gasteiger partial charge >= 0.3 is 6.41 Å². The Kier molecular flexibility index (Phi) is 6.12. The van der Waals surface area contributed by atoms with Crippen LogP contribution in [0.25, 0.3) is 0 Å². The number of benzene rings is 1. The number of oxime groups is 1. The highest BCUT2D eigenvalue weighted by Crippen LogP contribution is 2.29. The number of nitrogens with one attached hydrogen (secondary N) is 1. The quantitative estimate of drug-likeness (QED) is 0.640. The summed E-state index contributed by atoms with van der Waals surface area (Å²) in [5.41, 5.74) is 0.705. The number of aromatic nitrogens is 2. The Morgan fingerprint density at radius 1 is 1.33 bits per heavy atom. The number of rotatable bonds is 6. The lowest BCUT2D eigenvalue weighted by Crippen LogP contribution is -2.38. The SMILES string of the molecule is N#CC1CCN(CCNc2nonc2C2=NOC(O)N2c2ccc(F)c(Br)c2)CC1. The van der Waals surface area contributed by atoms with E-state index in [1.54, 1.807) is 0 Å². The fourth-order valence-electron chi connectivity index (χ4n) is 3.40. The van der Waals surface area contributed by atoms with Crippen molar-refractivity contribution >= 4 is 33.3 Å². The number of anilines is 2. The Labute approximate surface area is 180 Å². The molecular weight excluding hydrogens is 461 g/mol. The Balaban J connectivity index is 1.43. The van der Waals surface area contributed by atoms with Gasteiger partial charge in [0.2, 0.25) is 11.7 Å². The van der Waals surface area contributed by atoms with Crippen molar-refractivity contribution in [2.45, 2.75) is 19.3 Å². The zero-order chi connectivity index (χ0) is 21.1. The molecular formula is C18H19BrFN7O3. The second kappa shape index (κ2) is 8.95. The molecule has 1 unspecified atom stereocenters. The molecule has 2 N–H and O–H groups in total. The van der Waals surface area contributed by atoms with Gasteiger partial charge in [0.05, 0.1) is 16.2 Å². The van der Waals surface area contributed by atoms with Gasteiger partial charge < -0.3 is 20.2 Å². The van der Waals surface area contributed by atoms with Crippen molar-refractivity contribution in [2.24, 2.45) is 11.1 Å². The molecule has 1 aromatic carbocycles. The summed E-state index contributed by atoms with van der Waals surface area (Å²) in [5, 5.41) is 34.0. The minimum atomic E-state index is -1.40. The molecule has 0 bridgehead atoms. The average Bonchev–Trinajstić information content (AvgIpc) is 3.37. The highest BCUT2D eigenvalue weighted by Gasteiger charge is 2.35. The molecule has 0 spiro atoms. The van der Waals surface area contributed by atoms with Gasteiger partial charge in [-0.05, 0) is 70.4 Å². The number of aliphatic hydroxyl groups is 1. The van der Waals surface area contributed by atoms with Gasteiger partial charge in [0.25, 0.3) is 0 Å². The highest BCUT2D eigenvalue weighted by atomic mass is 79.9. The van der Waals surface area contributed by atoms with E-state index in [0.29, 0.717) is 18.1 Å². The standard InChI is InChI=1S/C18H19BrFN7O3/c19-13-9-12(1-2-14(13)20)27-17(25-29-18(27)28)15-16(24-30-23-15)22-5-8-26-6-3-11(10-21)4-7-26/h1-2,9,11,18,28H,3-8H2,(H,22,24). The number of hydrogen-bond donors (Lipinski definition) is 2. The zero-order valence-electron chi connectivity index (χ0n) is 15.8. The summed E-state index contributed by atoms with van der Waals surface area (Å²) in [7, 11) is 0. The van der Waals surface area contributed by atoms with E-state index in [1.807, 2.05) is 0 Å². The molecule has 0 aliphatic carbocycles. The third kappa shape index (κ3) is 4.23. The molecule has 2 aromatic rings. The molecule has 30 heavy (non-hydrogen) atoms. The normalized spacial score (nSPS) is 20.0. The van der Waals surface area contributed by atoms with E-state index in [9.17, 15) is 9.50 Å². The van der Waals surface area contributed by atoms with Crippen LogP contribution in [0, 0.1) is 23.1 Å². The lowest BCUT2D eigenvalue weighted by atomic mass is 9.99. The lowest BCUT2D eigenvalue weighted by molar-refractivity contribution is -0.0746. The number of hydrogen-bond acceptors (Lipinski definition) is 10. The van der Waals surface area contributed by atoms with E-state index in [1.165, 1.54) is 23.1 Å². The number of halogens is 2. The van der Waals surface area contributed by atoms with Gasteiger partial charge in [-0.1, -0.05) is 5.16 Å². The van der Waals surface area contributed by atoms with Crippen LogP contribution in [0.15, 0.2) is 32.5 Å². The second-order valence-electron chi connectivity index (χ2n) is 6.95. The first-order valence-corrected chi connectivity index (χ1v) is 10.2. The first-order chi connectivity index (χ1) is 14.6. The van der Waals surface area contributed by atoms with E-state index in [4.69, 9.17) is 14.7 Å². The molecule has 0 saturated carbocycles. The molecule has 158 valence electrons. The van der Waals surface area contributed by atoms with E-state index in [2.05, 4.69) is 47.7 Å². The van der Waals surface area contributed by atoms with Crippen LogP contribution < -0.4 is 10.2 Å². The zero-order valence-corrected chi connectivity index (χ0v) is 17.4. The van der Waals surface area contributed by atoms with Gasteiger partial charge in [-0.2, -0.15) is 5.26 Å². The van der Waals surface area contributed by atoms with E-state index < -0.39 is 12.2 Å². The average molecular weight is 480 g/mol. The minimum Gasteiger partial charge on any atom is -0.364 e. The Morgan fingerprint density at radius 3 is 2.87 bits per heavy atom. The smallest absolute Gasteiger partial charge is 0.311 e. The first kappa shape index (κ1) is 20.5. The van der Waals surface area contributed by atoms with Crippen LogP contribution in [0.5, 0.6) is 0 Å².